The van der Waals surface area contributed by atoms with Crippen molar-refractivity contribution in [1.29, 1.82) is 0 Å². The smallest absolute Gasteiger partial charge is 0.266 e. The van der Waals surface area contributed by atoms with E-state index in [1.54, 1.807) is 28.6 Å². The third-order valence-electron chi connectivity index (χ3n) is 3.89. The van der Waals surface area contributed by atoms with Gasteiger partial charge in [0.25, 0.3) is 10.0 Å². The van der Waals surface area contributed by atoms with Crippen molar-refractivity contribution in [3.05, 3.63) is 57.4 Å². The number of halogens is 2. The summed E-state index contributed by atoms with van der Waals surface area (Å²) in [7, 11) is -3.79. The summed E-state index contributed by atoms with van der Waals surface area (Å²) < 4.78 is 31.6. The number of nitrogens with zero attached hydrogens (tertiary/aromatic N) is 4. The minimum Gasteiger partial charge on any atom is -0.269 e. The van der Waals surface area contributed by atoms with Crippen LogP contribution in [0.5, 0.6) is 0 Å². The highest BCUT2D eigenvalue weighted by Crippen LogP contribution is 2.25. The summed E-state index contributed by atoms with van der Waals surface area (Å²) in [6.45, 7) is 4.64. The fourth-order valence-corrected chi connectivity index (χ4v) is 4.48. The summed E-state index contributed by atoms with van der Waals surface area (Å²) >= 11 is 9.51. The van der Waals surface area contributed by atoms with Crippen LogP contribution in [-0.2, 0) is 23.1 Å². The first-order valence-electron chi connectivity index (χ1n) is 7.83. The Morgan fingerprint density at radius 2 is 2.04 bits per heavy atom. The van der Waals surface area contributed by atoms with Gasteiger partial charge in [0, 0.05) is 17.8 Å². The lowest BCUT2D eigenvalue weighted by Gasteiger charge is -2.06. The average Bonchev–Trinajstić information content (AvgIpc) is 3.12. The number of hydrogen-bond acceptors (Lipinski definition) is 4. The largest absolute Gasteiger partial charge is 0.269 e. The van der Waals surface area contributed by atoms with Crippen molar-refractivity contribution in [3.8, 4) is 0 Å². The van der Waals surface area contributed by atoms with Gasteiger partial charge in [0.1, 0.15) is 4.90 Å². The van der Waals surface area contributed by atoms with Crippen molar-refractivity contribution in [2.45, 2.75) is 31.8 Å². The molecule has 0 unspecified atom stereocenters. The molecule has 2 aromatic heterocycles. The van der Waals surface area contributed by atoms with Gasteiger partial charge >= 0.3 is 0 Å². The SMILES string of the molecule is CCn1ncc(S(=O)(=O)Nc2nn(Cc3ccccc3Cl)cc2Br)c1C. The van der Waals surface area contributed by atoms with Crippen LogP contribution in [0.2, 0.25) is 5.02 Å². The van der Waals surface area contributed by atoms with Gasteiger partial charge in [-0.15, -0.1) is 0 Å². The number of nitrogens with one attached hydrogen (secondary N) is 1. The van der Waals surface area contributed by atoms with Crippen molar-refractivity contribution in [2.75, 3.05) is 4.72 Å². The molecule has 1 aromatic carbocycles. The average molecular weight is 459 g/mol. The van der Waals surface area contributed by atoms with Crippen molar-refractivity contribution in [3.63, 3.8) is 0 Å². The monoisotopic (exact) mass is 457 g/mol. The molecule has 0 bridgehead atoms. The van der Waals surface area contributed by atoms with Crippen LogP contribution < -0.4 is 4.72 Å². The molecule has 2 heterocycles. The first-order chi connectivity index (χ1) is 12.3. The van der Waals surface area contributed by atoms with E-state index >= 15 is 0 Å². The number of hydrogen-bond donors (Lipinski definition) is 1. The standard InChI is InChI=1S/C16H17BrClN5O2S/c1-3-23-11(2)15(8-19-23)26(24,25)21-16-13(17)10-22(20-16)9-12-6-4-5-7-14(12)18/h4-8,10H,3,9H2,1-2H3,(H,20,21). The molecule has 3 aromatic rings. The maximum absolute atomic E-state index is 12.7. The molecule has 0 spiro atoms. The first kappa shape index (κ1) is 18.9. The summed E-state index contributed by atoms with van der Waals surface area (Å²) in [6.07, 6.45) is 3.04. The summed E-state index contributed by atoms with van der Waals surface area (Å²) in [5.41, 5.74) is 1.46. The molecular formula is C16H17BrClN5O2S. The topological polar surface area (TPSA) is 81.8 Å². The zero-order chi connectivity index (χ0) is 18.9. The van der Waals surface area contributed by atoms with Crippen molar-refractivity contribution in [1.82, 2.24) is 19.6 Å². The van der Waals surface area contributed by atoms with Gasteiger partial charge in [-0.2, -0.15) is 10.2 Å². The Bertz CT molecular complexity index is 1040. The van der Waals surface area contributed by atoms with Crippen LogP contribution in [0.3, 0.4) is 0 Å². The number of rotatable bonds is 6. The van der Waals surface area contributed by atoms with Crippen LogP contribution in [-0.4, -0.2) is 28.0 Å². The lowest BCUT2D eigenvalue weighted by molar-refractivity contribution is 0.598. The molecule has 0 aliphatic carbocycles. The van der Waals surface area contributed by atoms with Gasteiger partial charge < -0.3 is 0 Å². The number of benzene rings is 1. The fraction of sp³-hybridized carbons (Fsp3) is 0.250. The van der Waals surface area contributed by atoms with Crippen LogP contribution in [0.25, 0.3) is 0 Å². The molecule has 0 atom stereocenters. The van der Waals surface area contributed by atoms with Gasteiger partial charge in [0.2, 0.25) is 0 Å². The van der Waals surface area contributed by atoms with Gasteiger partial charge in [-0.25, -0.2) is 8.42 Å². The third-order valence-corrected chi connectivity index (χ3v) is 6.28. The summed E-state index contributed by atoms with van der Waals surface area (Å²) in [4.78, 5) is 0.131. The van der Waals surface area contributed by atoms with Gasteiger partial charge in [0.15, 0.2) is 5.82 Å². The second kappa shape index (κ2) is 7.42. The minimum absolute atomic E-state index is 0.131. The van der Waals surface area contributed by atoms with E-state index in [0.717, 1.165) is 5.56 Å². The van der Waals surface area contributed by atoms with Gasteiger partial charge in [-0.3, -0.25) is 14.1 Å². The van der Waals surface area contributed by atoms with Crippen molar-refractivity contribution in [2.24, 2.45) is 0 Å². The number of aromatic nitrogens is 4. The van der Waals surface area contributed by atoms with Gasteiger partial charge in [-0.1, -0.05) is 29.8 Å². The number of anilines is 1. The molecule has 138 valence electrons. The van der Waals surface area contributed by atoms with Crippen LogP contribution in [0.15, 0.2) is 46.0 Å². The zero-order valence-corrected chi connectivity index (χ0v) is 17.3. The van der Waals surface area contributed by atoms with E-state index in [2.05, 4.69) is 30.8 Å². The highest BCUT2D eigenvalue weighted by atomic mass is 79.9. The van der Waals surface area contributed by atoms with E-state index in [-0.39, 0.29) is 10.7 Å². The second-order valence-electron chi connectivity index (χ2n) is 5.63. The molecule has 10 heteroatoms. The Labute approximate surface area is 165 Å². The zero-order valence-electron chi connectivity index (χ0n) is 14.1. The Kier molecular flexibility index (Phi) is 5.40. The molecule has 0 radical (unpaired) electrons. The first-order valence-corrected chi connectivity index (χ1v) is 10.5. The molecule has 7 nitrogen and oxygen atoms in total. The Morgan fingerprint density at radius 1 is 1.31 bits per heavy atom. The summed E-state index contributed by atoms with van der Waals surface area (Å²) in [5, 5.41) is 9.02. The third kappa shape index (κ3) is 3.79. The van der Waals surface area contributed by atoms with Crippen LogP contribution >= 0.6 is 27.5 Å². The van der Waals surface area contributed by atoms with E-state index in [4.69, 9.17) is 11.6 Å². The van der Waals surface area contributed by atoms with E-state index in [1.807, 2.05) is 25.1 Å². The molecule has 3 rings (SSSR count). The lowest BCUT2D eigenvalue weighted by Crippen LogP contribution is -2.15. The molecular weight excluding hydrogens is 442 g/mol. The van der Waals surface area contributed by atoms with Crippen molar-refractivity contribution >= 4 is 43.4 Å². The fourth-order valence-electron chi connectivity index (χ4n) is 2.54. The number of sulfonamides is 1. The van der Waals surface area contributed by atoms with E-state index in [1.165, 1.54) is 6.20 Å². The normalized spacial score (nSPS) is 11.7. The van der Waals surface area contributed by atoms with Gasteiger partial charge in [-0.05, 0) is 41.4 Å². The molecule has 1 N–H and O–H groups in total. The molecule has 0 saturated carbocycles. The maximum atomic E-state index is 12.7. The summed E-state index contributed by atoms with van der Waals surface area (Å²) in [5.74, 6) is 0.209. The highest BCUT2D eigenvalue weighted by Gasteiger charge is 2.23. The Balaban J connectivity index is 1.85. The van der Waals surface area contributed by atoms with Gasteiger partial charge in [0.05, 0.1) is 22.9 Å². The molecule has 0 aliphatic rings. The van der Waals surface area contributed by atoms with E-state index in [9.17, 15) is 8.42 Å². The predicted octanol–water partition coefficient (Wildman–Crippen LogP) is 3.67. The maximum Gasteiger partial charge on any atom is 0.266 e. The highest BCUT2D eigenvalue weighted by molar-refractivity contribution is 9.10. The van der Waals surface area contributed by atoms with Crippen LogP contribution in [0.1, 0.15) is 18.2 Å². The quantitative estimate of drug-likeness (QED) is 0.611. The summed E-state index contributed by atoms with van der Waals surface area (Å²) in [6, 6.07) is 7.43. The molecule has 0 fully saturated rings. The van der Waals surface area contributed by atoms with E-state index < -0.39 is 10.0 Å². The Morgan fingerprint density at radius 3 is 2.69 bits per heavy atom. The van der Waals surface area contributed by atoms with Crippen LogP contribution in [0.4, 0.5) is 5.82 Å². The van der Waals surface area contributed by atoms with E-state index in [0.29, 0.717) is 28.3 Å². The van der Waals surface area contributed by atoms with Crippen molar-refractivity contribution < 1.29 is 8.42 Å². The molecule has 0 aliphatic heterocycles. The molecule has 0 saturated heterocycles. The minimum atomic E-state index is -3.79. The van der Waals surface area contributed by atoms with Crippen LogP contribution in [0, 0.1) is 6.92 Å². The number of aryl methyl sites for hydroxylation is 1. The molecule has 0 amide bonds. The lowest BCUT2D eigenvalue weighted by atomic mass is 10.2. The predicted molar refractivity (Wildman–Crippen MR) is 104 cm³/mol. The second-order valence-corrected chi connectivity index (χ2v) is 8.54. The Hall–Kier alpha value is -1.84. The molecule has 26 heavy (non-hydrogen) atoms.